The Hall–Kier alpha value is 0.0500. The summed E-state index contributed by atoms with van der Waals surface area (Å²) in [5, 5.41) is 8.92. The Morgan fingerprint density at radius 3 is 2.18 bits per heavy atom. The van der Waals surface area contributed by atoms with Crippen molar-refractivity contribution < 1.29 is 5.11 Å². The summed E-state index contributed by atoms with van der Waals surface area (Å²) in [6.45, 7) is 6.50. The molecule has 0 spiro atoms. The molecule has 1 nitrogen and oxygen atoms in total. The van der Waals surface area contributed by atoms with Gasteiger partial charge >= 0.3 is 0 Å². The van der Waals surface area contributed by atoms with E-state index in [1.807, 2.05) is 6.92 Å². The van der Waals surface area contributed by atoms with Gasteiger partial charge < -0.3 is 5.11 Å². The summed E-state index contributed by atoms with van der Waals surface area (Å²) in [4.78, 5) is 0.938. The smallest absolute Gasteiger partial charge is 0.0504 e. The van der Waals surface area contributed by atoms with Gasteiger partial charge in [0.1, 0.15) is 0 Å². The first kappa shape index (κ1) is 11.1. The summed E-state index contributed by atoms with van der Waals surface area (Å²) in [7, 11) is 0. The fourth-order valence-corrected chi connectivity index (χ4v) is 1.15. The van der Waals surface area contributed by atoms with E-state index in [9.17, 15) is 0 Å². The summed E-state index contributed by atoms with van der Waals surface area (Å²) in [5.74, 6) is 0.950. The van der Waals surface area contributed by atoms with Gasteiger partial charge in [0.25, 0.3) is 0 Å². The first-order chi connectivity index (χ1) is 5.07. The van der Waals surface area contributed by atoms with Gasteiger partial charge in [-0.2, -0.15) is 0 Å². The molecule has 0 aromatic rings. The molecule has 0 radical (unpaired) electrons. The first-order valence-electron chi connectivity index (χ1n) is 4.19. The Bertz CT molecular complexity index is 121. The van der Waals surface area contributed by atoms with E-state index in [0.29, 0.717) is 5.92 Å². The van der Waals surface area contributed by atoms with Crippen LogP contribution >= 0.6 is 12.2 Å². The van der Waals surface area contributed by atoms with Crippen molar-refractivity contribution in [3.63, 3.8) is 0 Å². The SMILES string of the molecule is CC(=S)[C@@H](CO)CCC(C)C. The van der Waals surface area contributed by atoms with E-state index < -0.39 is 0 Å². The Morgan fingerprint density at radius 2 is 1.91 bits per heavy atom. The maximum absolute atomic E-state index is 8.92. The van der Waals surface area contributed by atoms with Crippen LogP contribution in [0, 0.1) is 11.8 Å². The molecule has 0 bridgehead atoms. The van der Waals surface area contributed by atoms with E-state index in [1.165, 1.54) is 0 Å². The molecule has 0 aliphatic rings. The van der Waals surface area contributed by atoms with Crippen molar-refractivity contribution in [1.29, 1.82) is 0 Å². The number of hydrogen-bond acceptors (Lipinski definition) is 2. The molecule has 0 heterocycles. The van der Waals surface area contributed by atoms with Crippen molar-refractivity contribution in [3.8, 4) is 0 Å². The van der Waals surface area contributed by atoms with Crippen LogP contribution in [0.4, 0.5) is 0 Å². The van der Waals surface area contributed by atoms with Gasteiger partial charge in [-0.05, 0) is 24.1 Å². The highest BCUT2D eigenvalue weighted by Crippen LogP contribution is 2.13. The third-order valence-corrected chi connectivity index (χ3v) is 2.22. The predicted octanol–water partition coefficient (Wildman–Crippen LogP) is 2.42. The lowest BCUT2D eigenvalue weighted by molar-refractivity contribution is 0.250. The Kier molecular flexibility index (Phi) is 5.69. The first-order valence-corrected chi connectivity index (χ1v) is 4.60. The monoisotopic (exact) mass is 174 g/mol. The molecule has 2 heteroatoms. The van der Waals surface area contributed by atoms with Crippen LogP contribution in [0.15, 0.2) is 0 Å². The highest BCUT2D eigenvalue weighted by molar-refractivity contribution is 7.80. The van der Waals surface area contributed by atoms with Crippen LogP contribution < -0.4 is 0 Å². The van der Waals surface area contributed by atoms with Crippen molar-refractivity contribution in [1.82, 2.24) is 0 Å². The Labute approximate surface area is 74.8 Å². The molecule has 66 valence electrons. The van der Waals surface area contributed by atoms with Gasteiger partial charge in [-0.1, -0.05) is 32.5 Å². The van der Waals surface area contributed by atoms with E-state index in [0.717, 1.165) is 17.7 Å². The topological polar surface area (TPSA) is 20.2 Å². The maximum Gasteiger partial charge on any atom is 0.0504 e. The molecule has 0 rings (SSSR count). The number of hydrogen-bond donors (Lipinski definition) is 1. The molecule has 0 aliphatic carbocycles. The summed E-state index contributed by atoms with van der Waals surface area (Å²) >= 11 is 5.01. The van der Waals surface area contributed by atoms with Crippen LogP contribution in [-0.4, -0.2) is 16.6 Å². The molecule has 1 atom stereocenters. The van der Waals surface area contributed by atoms with Crippen LogP contribution in [0.5, 0.6) is 0 Å². The van der Waals surface area contributed by atoms with Gasteiger partial charge in [0.2, 0.25) is 0 Å². The van der Waals surface area contributed by atoms with Crippen LogP contribution in [0.25, 0.3) is 0 Å². The van der Waals surface area contributed by atoms with E-state index >= 15 is 0 Å². The average molecular weight is 174 g/mol. The second kappa shape index (κ2) is 5.67. The molecule has 0 saturated carbocycles. The summed E-state index contributed by atoms with van der Waals surface area (Å²) in [6.07, 6.45) is 2.18. The summed E-state index contributed by atoms with van der Waals surface area (Å²) in [6, 6.07) is 0. The maximum atomic E-state index is 8.92. The van der Waals surface area contributed by atoms with Crippen LogP contribution in [0.2, 0.25) is 0 Å². The third-order valence-electron chi connectivity index (χ3n) is 1.89. The fraction of sp³-hybridized carbons (Fsp3) is 0.889. The lowest BCUT2D eigenvalue weighted by atomic mass is 9.96. The van der Waals surface area contributed by atoms with E-state index in [-0.39, 0.29) is 12.5 Å². The highest BCUT2D eigenvalue weighted by atomic mass is 32.1. The van der Waals surface area contributed by atoms with Crippen molar-refractivity contribution in [2.75, 3.05) is 6.61 Å². The standard InChI is InChI=1S/C9H18OS/c1-7(2)4-5-9(6-10)8(3)11/h7,9-10H,4-6H2,1-3H3/t9-/m1/s1. The van der Waals surface area contributed by atoms with Crippen LogP contribution in [0.3, 0.4) is 0 Å². The van der Waals surface area contributed by atoms with Gasteiger partial charge in [-0.3, -0.25) is 0 Å². The number of thiocarbonyl (C=S) groups is 1. The van der Waals surface area contributed by atoms with Gasteiger partial charge in [-0.25, -0.2) is 0 Å². The van der Waals surface area contributed by atoms with Gasteiger partial charge in [0.05, 0.1) is 6.61 Å². The van der Waals surface area contributed by atoms with Crippen molar-refractivity contribution in [2.45, 2.75) is 33.6 Å². The second-order valence-corrected chi connectivity index (χ2v) is 4.11. The average Bonchev–Trinajstić information content (AvgIpc) is 1.87. The fourth-order valence-electron chi connectivity index (χ4n) is 0.958. The molecular weight excluding hydrogens is 156 g/mol. The molecule has 0 aromatic heterocycles. The van der Waals surface area contributed by atoms with Gasteiger partial charge in [-0.15, -0.1) is 0 Å². The number of aliphatic hydroxyl groups excluding tert-OH is 1. The minimum Gasteiger partial charge on any atom is -0.396 e. The van der Waals surface area contributed by atoms with E-state index in [2.05, 4.69) is 13.8 Å². The van der Waals surface area contributed by atoms with Crippen molar-refractivity contribution in [2.24, 2.45) is 11.8 Å². The minimum atomic E-state index is 0.210. The van der Waals surface area contributed by atoms with Gasteiger partial charge in [0.15, 0.2) is 0 Å². The molecule has 0 amide bonds. The quantitative estimate of drug-likeness (QED) is 0.646. The zero-order valence-corrected chi connectivity index (χ0v) is 8.45. The number of aliphatic hydroxyl groups is 1. The largest absolute Gasteiger partial charge is 0.396 e. The molecular formula is C9H18OS. The predicted molar refractivity (Wildman–Crippen MR) is 52.9 cm³/mol. The van der Waals surface area contributed by atoms with E-state index in [4.69, 9.17) is 17.3 Å². The number of rotatable bonds is 5. The zero-order chi connectivity index (χ0) is 8.85. The molecule has 0 fully saturated rings. The second-order valence-electron chi connectivity index (χ2n) is 3.46. The lowest BCUT2D eigenvalue weighted by Crippen LogP contribution is -2.14. The molecule has 1 N–H and O–H groups in total. The van der Waals surface area contributed by atoms with Crippen molar-refractivity contribution >= 4 is 17.1 Å². The third kappa shape index (κ3) is 5.33. The summed E-state index contributed by atoms with van der Waals surface area (Å²) < 4.78 is 0. The molecule has 11 heavy (non-hydrogen) atoms. The van der Waals surface area contributed by atoms with Crippen LogP contribution in [0.1, 0.15) is 33.6 Å². The summed E-state index contributed by atoms with van der Waals surface area (Å²) in [5.41, 5.74) is 0. The zero-order valence-electron chi connectivity index (χ0n) is 7.63. The normalized spacial score (nSPS) is 13.5. The molecule has 0 saturated heterocycles. The minimum absolute atomic E-state index is 0.210. The Balaban J connectivity index is 3.61. The van der Waals surface area contributed by atoms with E-state index in [1.54, 1.807) is 0 Å². The van der Waals surface area contributed by atoms with Crippen LogP contribution in [-0.2, 0) is 0 Å². The molecule has 0 aromatic carbocycles. The molecule has 0 aliphatic heterocycles. The van der Waals surface area contributed by atoms with Gasteiger partial charge in [0, 0.05) is 5.92 Å². The lowest BCUT2D eigenvalue weighted by Gasteiger charge is -2.13. The highest BCUT2D eigenvalue weighted by Gasteiger charge is 2.09. The Morgan fingerprint density at radius 1 is 1.36 bits per heavy atom. The molecule has 0 unspecified atom stereocenters. The van der Waals surface area contributed by atoms with Crippen molar-refractivity contribution in [3.05, 3.63) is 0 Å².